The van der Waals surface area contributed by atoms with E-state index in [1.807, 2.05) is 12.1 Å². The summed E-state index contributed by atoms with van der Waals surface area (Å²) in [5, 5.41) is 0.742. The number of aromatic amines is 1. The largest absolute Gasteiger partial charge is 0.493 e. The zero-order valence-electron chi connectivity index (χ0n) is 14.5. The van der Waals surface area contributed by atoms with Crippen LogP contribution in [-0.2, 0) is 12.6 Å². The number of nitrogens with one attached hydrogen (secondary N) is 1. The summed E-state index contributed by atoms with van der Waals surface area (Å²) in [7, 11) is 4.59. The van der Waals surface area contributed by atoms with Gasteiger partial charge in [0, 0.05) is 17.1 Å². The number of fused-ring (bicyclic) bond motifs is 1. The monoisotopic (exact) mass is 365 g/mol. The Morgan fingerprint density at radius 1 is 0.923 bits per heavy atom. The van der Waals surface area contributed by atoms with Gasteiger partial charge >= 0.3 is 6.18 Å². The van der Waals surface area contributed by atoms with E-state index in [1.54, 1.807) is 6.20 Å². The van der Waals surface area contributed by atoms with Crippen LogP contribution in [0.2, 0.25) is 0 Å². The lowest BCUT2D eigenvalue weighted by molar-refractivity contribution is -0.137. The van der Waals surface area contributed by atoms with Gasteiger partial charge in [0.05, 0.1) is 26.9 Å². The molecule has 0 bridgehead atoms. The maximum absolute atomic E-state index is 12.9. The molecular weight excluding hydrogens is 347 g/mol. The average Bonchev–Trinajstić information content (AvgIpc) is 3.02. The standard InChI is InChI=1S/C19H18F3NO3/c1-24-16-7-11(8-17(25-2)18(16)26-3)6-12-10-23-15-9-13(19(20,21)22)4-5-14(12)15/h4-5,7-10,23H,6H2,1-3H3. The zero-order valence-corrected chi connectivity index (χ0v) is 14.5. The number of methoxy groups -OCH3 is 3. The molecule has 4 nitrogen and oxygen atoms in total. The molecule has 0 aliphatic carbocycles. The fourth-order valence-corrected chi connectivity index (χ4v) is 2.97. The Morgan fingerprint density at radius 2 is 1.58 bits per heavy atom. The molecule has 0 radical (unpaired) electrons. The molecule has 2 aromatic carbocycles. The summed E-state index contributed by atoms with van der Waals surface area (Å²) in [5.74, 6) is 1.55. The minimum atomic E-state index is -4.36. The Labute approximate surface area is 148 Å². The van der Waals surface area contributed by atoms with E-state index in [4.69, 9.17) is 14.2 Å². The van der Waals surface area contributed by atoms with Crippen LogP contribution < -0.4 is 14.2 Å². The molecule has 3 rings (SSSR count). The van der Waals surface area contributed by atoms with Gasteiger partial charge in [0.15, 0.2) is 11.5 Å². The Kier molecular flexibility index (Phi) is 4.71. The summed E-state index contributed by atoms with van der Waals surface area (Å²) in [6.45, 7) is 0. The maximum Gasteiger partial charge on any atom is 0.416 e. The van der Waals surface area contributed by atoms with Gasteiger partial charge in [0.1, 0.15) is 0 Å². The smallest absolute Gasteiger partial charge is 0.416 e. The Morgan fingerprint density at radius 3 is 2.12 bits per heavy atom. The van der Waals surface area contributed by atoms with Crippen LogP contribution in [-0.4, -0.2) is 26.3 Å². The van der Waals surface area contributed by atoms with Crippen molar-refractivity contribution in [3.63, 3.8) is 0 Å². The molecule has 0 atom stereocenters. The zero-order chi connectivity index (χ0) is 18.9. The Balaban J connectivity index is 1.99. The summed E-state index contributed by atoms with van der Waals surface area (Å²) in [5.41, 5.74) is 1.54. The van der Waals surface area contributed by atoms with Gasteiger partial charge in [-0.05, 0) is 41.8 Å². The molecule has 0 saturated carbocycles. The van der Waals surface area contributed by atoms with Crippen molar-refractivity contribution in [3.8, 4) is 17.2 Å². The minimum Gasteiger partial charge on any atom is -0.493 e. The number of hydrogen-bond donors (Lipinski definition) is 1. The molecular formula is C19H18F3NO3. The lowest BCUT2D eigenvalue weighted by Gasteiger charge is -2.14. The summed E-state index contributed by atoms with van der Waals surface area (Å²) in [6.07, 6.45) is -2.15. The number of halogens is 3. The van der Waals surface area contributed by atoms with Crippen LogP contribution >= 0.6 is 0 Å². The van der Waals surface area contributed by atoms with Crippen LogP contribution in [0, 0.1) is 0 Å². The number of rotatable bonds is 5. The molecule has 7 heteroatoms. The van der Waals surface area contributed by atoms with Crippen molar-refractivity contribution in [2.75, 3.05) is 21.3 Å². The van der Waals surface area contributed by atoms with Crippen molar-refractivity contribution in [2.24, 2.45) is 0 Å². The van der Waals surface area contributed by atoms with Crippen LogP contribution in [0.15, 0.2) is 36.5 Å². The van der Waals surface area contributed by atoms with Gasteiger partial charge in [-0.15, -0.1) is 0 Å². The molecule has 0 amide bonds. The molecule has 0 aliphatic rings. The lowest BCUT2D eigenvalue weighted by atomic mass is 10.0. The number of hydrogen-bond acceptors (Lipinski definition) is 3. The van der Waals surface area contributed by atoms with Gasteiger partial charge in [-0.3, -0.25) is 0 Å². The molecule has 0 saturated heterocycles. The van der Waals surface area contributed by atoms with Crippen molar-refractivity contribution >= 4 is 10.9 Å². The van der Waals surface area contributed by atoms with E-state index in [1.165, 1.54) is 27.4 Å². The summed E-state index contributed by atoms with van der Waals surface area (Å²) >= 11 is 0. The van der Waals surface area contributed by atoms with Crippen LogP contribution in [0.25, 0.3) is 10.9 Å². The molecule has 1 aromatic heterocycles. The first-order chi connectivity index (χ1) is 12.4. The first-order valence-corrected chi connectivity index (χ1v) is 7.83. The summed E-state index contributed by atoms with van der Waals surface area (Å²) in [6, 6.07) is 7.35. The van der Waals surface area contributed by atoms with Crippen molar-refractivity contribution in [3.05, 3.63) is 53.2 Å². The van der Waals surface area contributed by atoms with Gasteiger partial charge in [0.25, 0.3) is 0 Å². The maximum atomic E-state index is 12.9. The molecule has 1 N–H and O–H groups in total. The van der Waals surface area contributed by atoms with Gasteiger partial charge in [-0.2, -0.15) is 13.2 Å². The van der Waals surface area contributed by atoms with E-state index in [0.717, 1.165) is 28.6 Å². The predicted molar refractivity (Wildman–Crippen MR) is 92.2 cm³/mol. The Bertz CT molecular complexity index is 906. The van der Waals surface area contributed by atoms with Gasteiger partial charge in [-0.25, -0.2) is 0 Å². The van der Waals surface area contributed by atoms with Crippen LogP contribution in [0.1, 0.15) is 16.7 Å². The highest BCUT2D eigenvalue weighted by molar-refractivity contribution is 5.84. The number of alkyl halides is 3. The summed E-state index contributed by atoms with van der Waals surface area (Å²) < 4.78 is 54.5. The molecule has 0 fully saturated rings. The Hall–Kier alpha value is -2.83. The fourth-order valence-electron chi connectivity index (χ4n) is 2.97. The van der Waals surface area contributed by atoms with Gasteiger partial charge < -0.3 is 19.2 Å². The van der Waals surface area contributed by atoms with Crippen LogP contribution in [0.5, 0.6) is 17.2 Å². The van der Waals surface area contributed by atoms with E-state index in [2.05, 4.69) is 4.98 Å². The van der Waals surface area contributed by atoms with Gasteiger partial charge in [0.2, 0.25) is 5.75 Å². The van der Waals surface area contributed by atoms with Crippen molar-refractivity contribution in [1.82, 2.24) is 4.98 Å². The number of ether oxygens (including phenoxy) is 3. The van der Waals surface area contributed by atoms with E-state index in [-0.39, 0.29) is 0 Å². The molecule has 1 heterocycles. The summed E-state index contributed by atoms with van der Waals surface area (Å²) in [4.78, 5) is 2.91. The second kappa shape index (κ2) is 6.82. The van der Waals surface area contributed by atoms with E-state index >= 15 is 0 Å². The van der Waals surface area contributed by atoms with E-state index < -0.39 is 11.7 Å². The molecule has 0 aliphatic heterocycles. The minimum absolute atomic E-state index is 0.447. The highest BCUT2D eigenvalue weighted by atomic mass is 19.4. The van der Waals surface area contributed by atoms with Gasteiger partial charge in [-0.1, -0.05) is 6.07 Å². The molecule has 0 spiro atoms. The number of H-pyrrole nitrogens is 1. The van der Waals surface area contributed by atoms with Crippen molar-refractivity contribution in [1.29, 1.82) is 0 Å². The molecule has 138 valence electrons. The van der Waals surface area contributed by atoms with E-state index in [9.17, 15) is 13.2 Å². The average molecular weight is 365 g/mol. The molecule has 26 heavy (non-hydrogen) atoms. The third-order valence-electron chi connectivity index (χ3n) is 4.21. The predicted octanol–water partition coefficient (Wildman–Crippen LogP) is 4.80. The number of benzene rings is 2. The fraction of sp³-hybridized carbons (Fsp3) is 0.263. The highest BCUT2D eigenvalue weighted by Gasteiger charge is 2.30. The lowest BCUT2D eigenvalue weighted by Crippen LogP contribution is -2.04. The molecule has 0 unspecified atom stereocenters. The normalized spacial score (nSPS) is 11.6. The van der Waals surface area contributed by atoms with Crippen molar-refractivity contribution < 1.29 is 27.4 Å². The number of aromatic nitrogens is 1. The first kappa shape index (κ1) is 18.0. The third kappa shape index (κ3) is 3.29. The van der Waals surface area contributed by atoms with E-state index in [0.29, 0.717) is 29.2 Å². The second-order valence-corrected chi connectivity index (χ2v) is 5.78. The van der Waals surface area contributed by atoms with Crippen molar-refractivity contribution in [2.45, 2.75) is 12.6 Å². The highest BCUT2D eigenvalue weighted by Crippen LogP contribution is 2.39. The first-order valence-electron chi connectivity index (χ1n) is 7.83. The second-order valence-electron chi connectivity index (χ2n) is 5.78. The SMILES string of the molecule is COc1cc(Cc2c[nH]c3cc(C(F)(F)F)ccc23)cc(OC)c1OC. The van der Waals surface area contributed by atoms with Crippen LogP contribution in [0.3, 0.4) is 0 Å². The third-order valence-corrected chi connectivity index (χ3v) is 4.21. The topological polar surface area (TPSA) is 43.5 Å². The quantitative estimate of drug-likeness (QED) is 0.706. The van der Waals surface area contributed by atoms with Crippen LogP contribution in [0.4, 0.5) is 13.2 Å². The molecule has 3 aromatic rings.